The van der Waals surface area contributed by atoms with Crippen LogP contribution in [0.15, 0.2) is 73.9 Å². The lowest BCUT2D eigenvalue weighted by Crippen LogP contribution is -2.38. The summed E-state index contributed by atoms with van der Waals surface area (Å²) >= 11 is 5.47. The van der Waals surface area contributed by atoms with Crippen molar-refractivity contribution in [3.05, 3.63) is 86.8 Å². The van der Waals surface area contributed by atoms with Crippen LogP contribution >= 0.6 is 39.0 Å². The maximum Gasteiger partial charge on any atom is 0.234 e. The van der Waals surface area contributed by atoms with Gasteiger partial charge in [-0.25, -0.2) is 8.78 Å². The van der Waals surface area contributed by atoms with Crippen molar-refractivity contribution in [1.29, 1.82) is 5.26 Å². The minimum Gasteiger partial charge on any atom is -0.384 e. The maximum atomic E-state index is 15.1. The number of nitrogens with two attached hydrogens (primary N) is 1. The smallest absolute Gasteiger partial charge is 0.234 e. The molecule has 39 heavy (non-hydrogen) atoms. The molecule has 3 aromatic rings. The average molecular weight is 630 g/mol. The number of nitrogens with zero attached hydrogens (tertiary/aromatic N) is 4. The third kappa shape index (κ3) is 5.32. The third-order valence-corrected chi connectivity index (χ3v) is 8.78. The molecule has 5 rings (SSSR count). The molecule has 2 aliphatic rings. The zero-order valence-corrected chi connectivity index (χ0v) is 23.3. The first kappa shape index (κ1) is 27.0. The Hall–Kier alpha value is -3.60. The number of amides is 1. The number of thioether (sulfide) groups is 1. The number of rotatable bonds is 6. The van der Waals surface area contributed by atoms with E-state index in [1.165, 1.54) is 24.3 Å². The monoisotopic (exact) mass is 628 g/mol. The summed E-state index contributed by atoms with van der Waals surface area (Å²) in [6.45, 7) is 0. The van der Waals surface area contributed by atoms with E-state index in [4.69, 9.17) is 5.73 Å². The van der Waals surface area contributed by atoms with E-state index in [1.54, 1.807) is 23.1 Å². The molecular formula is C26H19BrF2N6O2S2. The molecule has 198 valence electrons. The van der Waals surface area contributed by atoms with Crippen molar-refractivity contribution in [3.8, 4) is 6.07 Å². The molecule has 8 nitrogen and oxygen atoms in total. The van der Waals surface area contributed by atoms with Crippen molar-refractivity contribution >= 4 is 61.5 Å². The van der Waals surface area contributed by atoms with Crippen LogP contribution in [0.3, 0.4) is 0 Å². The maximum absolute atomic E-state index is 15.1. The fourth-order valence-corrected chi connectivity index (χ4v) is 6.59. The molecule has 0 saturated carbocycles. The highest BCUT2D eigenvalue weighted by molar-refractivity contribution is 9.10. The molecule has 0 radical (unpaired) electrons. The molecule has 1 atom stereocenters. The van der Waals surface area contributed by atoms with Gasteiger partial charge in [0.2, 0.25) is 11.0 Å². The Bertz CT molecular complexity index is 1600. The minimum absolute atomic E-state index is 0.0406. The van der Waals surface area contributed by atoms with Gasteiger partial charge in [0.15, 0.2) is 10.1 Å². The van der Waals surface area contributed by atoms with E-state index < -0.39 is 23.5 Å². The normalized spacial score (nSPS) is 17.2. The van der Waals surface area contributed by atoms with Crippen molar-refractivity contribution in [2.24, 2.45) is 5.73 Å². The molecule has 1 aliphatic carbocycles. The number of allylic oxidation sites excluding steroid dienone is 3. The van der Waals surface area contributed by atoms with Gasteiger partial charge in [0.25, 0.3) is 0 Å². The number of halogens is 3. The Kier molecular flexibility index (Phi) is 7.79. The van der Waals surface area contributed by atoms with Crippen LogP contribution in [0.1, 0.15) is 30.7 Å². The summed E-state index contributed by atoms with van der Waals surface area (Å²) in [4.78, 5) is 27.1. The fourth-order valence-electron chi connectivity index (χ4n) is 4.58. The van der Waals surface area contributed by atoms with Crippen LogP contribution in [0, 0.1) is 23.0 Å². The molecule has 2 aromatic carbocycles. The lowest BCUT2D eigenvalue weighted by atomic mass is 9.75. The Morgan fingerprint density at radius 1 is 1.23 bits per heavy atom. The SMILES string of the molecule is N#CC1=C(N)N(c2nnc(SCC(=O)Nc3ccccc3F)s2)C2=C(C(=O)CCC2)C1c1ccc(Br)cc1F. The van der Waals surface area contributed by atoms with Gasteiger partial charge in [0.1, 0.15) is 17.5 Å². The van der Waals surface area contributed by atoms with Gasteiger partial charge in [0, 0.05) is 27.7 Å². The van der Waals surface area contributed by atoms with Crippen LogP contribution in [0.2, 0.25) is 0 Å². The van der Waals surface area contributed by atoms with Crippen LogP contribution in [-0.2, 0) is 9.59 Å². The van der Waals surface area contributed by atoms with Gasteiger partial charge in [-0.05, 0) is 37.1 Å². The topological polar surface area (TPSA) is 125 Å². The zero-order chi connectivity index (χ0) is 27.7. The largest absolute Gasteiger partial charge is 0.384 e. The number of nitrogens with one attached hydrogen (secondary N) is 1. The number of Topliss-reactive ketones (excluding diaryl/α,β-unsaturated/α-hetero) is 1. The summed E-state index contributed by atoms with van der Waals surface area (Å²) < 4.78 is 29.9. The molecule has 0 saturated heterocycles. The molecule has 1 unspecified atom stereocenters. The Labute approximate surface area is 238 Å². The van der Waals surface area contributed by atoms with Gasteiger partial charge in [-0.2, -0.15) is 5.26 Å². The summed E-state index contributed by atoms with van der Waals surface area (Å²) in [5, 5.41) is 21.3. The first-order valence-electron chi connectivity index (χ1n) is 11.7. The second-order valence-electron chi connectivity index (χ2n) is 8.65. The number of hydrogen-bond acceptors (Lipinski definition) is 9. The molecule has 0 spiro atoms. The first-order valence-corrected chi connectivity index (χ1v) is 14.3. The molecule has 0 bridgehead atoms. The number of para-hydroxylation sites is 1. The molecular weight excluding hydrogens is 610 g/mol. The molecule has 3 N–H and O–H groups in total. The number of benzene rings is 2. The highest BCUT2D eigenvalue weighted by Gasteiger charge is 2.42. The number of ketones is 1. The molecule has 1 amide bonds. The minimum atomic E-state index is -0.939. The zero-order valence-electron chi connectivity index (χ0n) is 20.1. The fraction of sp³-hybridized carbons (Fsp3) is 0.192. The van der Waals surface area contributed by atoms with Crippen molar-refractivity contribution < 1.29 is 18.4 Å². The van der Waals surface area contributed by atoms with Gasteiger partial charge >= 0.3 is 0 Å². The van der Waals surface area contributed by atoms with Crippen LogP contribution in [0.5, 0.6) is 0 Å². The predicted octanol–water partition coefficient (Wildman–Crippen LogP) is 5.61. The molecule has 13 heteroatoms. The summed E-state index contributed by atoms with van der Waals surface area (Å²) in [5.74, 6) is -2.64. The van der Waals surface area contributed by atoms with E-state index in [9.17, 15) is 19.2 Å². The summed E-state index contributed by atoms with van der Waals surface area (Å²) in [6.07, 6.45) is 1.31. The Morgan fingerprint density at radius 3 is 2.77 bits per heavy atom. The highest BCUT2D eigenvalue weighted by atomic mass is 79.9. The van der Waals surface area contributed by atoms with Crippen molar-refractivity contribution in [1.82, 2.24) is 10.2 Å². The number of anilines is 2. The van der Waals surface area contributed by atoms with Crippen LogP contribution in [0.25, 0.3) is 0 Å². The molecule has 1 aliphatic heterocycles. The van der Waals surface area contributed by atoms with E-state index in [2.05, 4.69) is 37.5 Å². The van der Waals surface area contributed by atoms with E-state index in [0.29, 0.717) is 38.1 Å². The van der Waals surface area contributed by atoms with Gasteiger partial charge in [-0.1, -0.05) is 57.2 Å². The van der Waals surface area contributed by atoms with E-state index in [0.717, 1.165) is 23.1 Å². The first-order chi connectivity index (χ1) is 18.8. The standard InChI is InChI=1S/C26H19BrF2N6O2S2/c27-13-8-9-14(17(29)10-13)22-15(11-30)24(31)35(19-6-3-7-20(36)23(19)22)25-33-34-26(39-25)38-12-21(37)32-18-5-2-1-4-16(18)28/h1-2,4-5,8-10,22H,3,6-7,12,31H2,(H,32,37). The highest BCUT2D eigenvalue weighted by Crippen LogP contribution is 2.47. The van der Waals surface area contributed by atoms with Crippen molar-refractivity contribution in [2.45, 2.75) is 29.5 Å². The molecule has 0 fully saturated rings. The second-order valence-corrected chi connectivity index (χ2v) is 11.7. The predicted molar refractivity (Wildman–Crippen MR) is 148 cm³/mol. The van der Waals surface area contributed by atoms with E-state index in [-0.39, 0.29) is 40.6 Å². The van der Waals surface area contributed by atoms with Gasteiger partial charge in [-0.3, -0.25) is 14.5 Å². The quantitative estimate of drug-likeness (QED) is 0.337. The van der Waals surface area contributed by atoms with Crippen molar-refractivity contribution in [3.63, 3.8) is 0 Å². The number of carbonyl (C=O) groups is 2. The lowest BCUT2D eigenvalue weighted by Gasteiger charge is -2.38. The number of aromatic nitrogens is 2. The Morgan fingerprint density at radius 2 is 2.03 bits per heavy atom. The van der Waals surface area contributed by atoms with Crippen LogP contribution in [0.4, 0.5) is 19.6 Å². The van der Waals surface area contributed by atoms with Gasteiger partial charge in [-0.15, -0.1) is 10.2 Å². The van der Waals surface area contributed by atoms with Gasteiger partial charge in [0.05, 0.1) is 29.0 Å². The average Bonchev–Trinajstić information content (AvgIpc) is 3.37. The van der Waals surface area contributed by atoms with E-state index >= 15 is 4.39 Å². The number of carbonyl (C=O) groups excluding carboxylic acids is 2. The third-order valence-electron chi connectivity index (χ3n) is 6.25. The summed E-state index contributed by atoms with van der Waals surface area (Å²) in [6, 6.07) is 12.4. The number of hydrogen-bond donors (Lipinski definition) is 2. The lowest BCUT2D eigenvalue weighted by molar-refractivity contribution is -0.116. The van der Waals surface area contributed by atoms with Crippen LogP contribution < -0.4 is 16.0 Å². The van der Waals surface area contributed by atoms with Crippen molar-refractivity contribution in [2.75, 3.05) is 16.0 Å². The summed E-state index contributed by atoms with van der Waals surface area (Å²) in [5.41, 5.74) is 7.68. The molecule has 1 aromatic heterocycles. The summed E-state index contributed by atoms with van der Waals surface area (Å²) in [7, 11) is 0. The van der Waals surface area contributed by atoms with Gasteiger partial charge < -0.3 is 11.1 Å². The second kappa shape index (κ2) is 11.3. The number of nitriles is 1. The Balaban J connectivity index is 1.44. The van der Waals surface area contributed by atoms with E-state index in [1.807, 2.05) is 0 Å². The van der Waals surface area contributed by atoms with Crippen LogP contribution in [-0.4, -0.2) is 27.6 Å². The molecule has 2 heterocycles.